The Kier molecular flexibility index (Phi) is 3.32. The molecule has 1 aliphatic carbocycles. The lowest BCUT2D eigenvalue weighted by Crippen LogP contribution is -2.05. The summed E-state index contributed by atoms with van der Waals surface area (Å²) in [4.78, 5) is 0. The van der Waals surface area contributed by atoms with Gasteiger partial charge in [-0.2, -0.15) is 0 Å². The number of fused-ring (bicyclic) bond motifs is 1. The average molecular weight is 343 g/mol. The molecule has 1 aliphatic heterocycles. The number of ether oxygens (including phenoxy) is 2. The molecule has 0 spiro atoms. The highest BCUT2D eigenvalue weighted by Gasteiger charge is 2.24. The molecule has 106 valence electrons. The molecule has 2 aliphatic rings. The highest BCUT2D eigenvalue weighted by molar-refractivity contribution is 9.10. The highest BCUT2D eigenvalue weighted by atomic mass is 79.9. The Labute approximate surface area is 132 Å². The number of epoxide rings is 1. The first-order valence-corrected chi connectivity index (χ1v) is 7.92. The normalized spacial score (nSPS) is 19.1. The van der Waals surface area contributed by atoms with Gasteiger partial charge < -0.3 is 9.47 Å². The summed E-state index contributed by atoms with van der Waals surface area (Å²) in [5, 5.41) is 0. The fourth-order valence-electron chi connectivity index (χ4n) is 2.68. The van der Waals surface area contributed by atoms with Gasteiger partial charge in [-0.3, -0.25) is 0 Å². The van der Waals surface area contributed by atoms with Crippen LogP contribution in [0.15, 0.2) is 46.9 Å². The van der Waals surface area contributed by atoms with E-state index in [4.69, 9.17) is 9.47 Å². The van der Waals surface area contributed by atoms with E-state index in [2.05, 4.69) is 52.3 Å². The summed E-state index contributed by atoms with van der Waals surface area (Å²) >= 11 is 3.56. The summed E-state index contributed by atoms with van der Waals surface area (Å²) in [6.07, 6.45) is 3.50. The van der Waals surface area contributed by atoms with Crippen molar-refractivity contribution in [2.75, 3.05) is 13.2 Å². The van der Waals surface area contributed by atoms with Crippen LogP contribution in [0.5, 0.6) is 5.75 Å². The van der Waals surface area contributed by atoms with Crippen molar-refractivity contribution < 1.29 is 9.47 Å². The number of allylic oxidation sites excluding steroid dienone is 1. The average Bonchev–Trinajstić information content (AvgIpc) is 3.22. The van der Waals surface area contributed by atoms with E-state index in [-0.39, 0.29) is 6.10 Å². The van der Waals surface area contributed by atoms with Gasteiger partial charge >= 0.3 is 0 Å². The number of hydrogen-bond donors (Lipinski definition) is 0. The van der Waals surface area contributed by atoms with E-state index >= 15 is 0 Å². The lowest BCUT2D eigenvalue weighted by molar-refractivity contribution is 0.262. The molecule has 4 rings (SSSR count). The van der Waals surface area contributed by atoms with Crippen molar-refractivity contribution >= 4 is 27.6 Å². The van der Waals surface area contributed by atoms with Crippen LogP contribution in [0.3, 0.4) is 0 Å². The second-order valence-corrected chi connectivity index (χ2v) is 6.37. The van der Waals surface area contributed by atoms with Crippen LogP contribution in [0.4, 0.5) is 0 Å². The Bertz CT molecular complexity index is 717. The Balaban J connectivity index is 1.66. The van der Waals surface area contributed by atoms with Crippen LogP contribution >= 0.6 is 15.9 Å². The van der Waals surface area contributed by atoms with Crippen molar-refractivity contribution in [2.45, 2.75) is 12.5 Å². The van der Waals surface area contributed by atoms with E-state index in [0.717, 1.165) is 23.2 Å². The summed E-state index contributed by atoms with van der Waals surface area (Å²) in [7, 11) is 0. The number of rotatable bonds is 4. The molecule has 3 heteroatoms. The van der Waals surface area contributed by atoms with E-state index in [9.17, 15) is 0 Å². The van der Waals surface area contributed by atoms with Crippen LogP contribution in [0.2, 0.25) is 0 Å². The van der Waals surface area contributed by atoms with Crippen molar-refractivity contribution in [3.8, 4) is 5.75 Å². The summed E-state index contributed by atoms with van der Waals surface area (Å²) in [6.45, 7) is 1.45. The smallest absolute Gasteiger partial charge is 0.127 e. The van der Waals surface area contributed by atoms with Gasteiger partial charge in [0.15, 0.2) is 0 Å². The summed E-state index contributed by atoms with van der Waals surface area (Å²) in [5.41, 5.74) is 5.17. The van der Waals surface area contributed by atoms with Crippen LogP contribution in [-0.4, -0.2) is 19.3 Å². The van der Waals surface area contributed by atoms with Gasteiger partial charge in [-0.05, 0) is 41.3 Å². The molecule has 0 N–H and O–H groups in total. The Morgan fingerprint density at radius 3 is 2.86 bits per heavy atom. The minimum Gasteiger partial charge on any atom is -0.490 e. The van der Waals surface area contributed by atoms with Crippen molar-refractivity contribution in [1.82, 2.24) is 0 Å². The molecular formula is C18H15BrO2. The maximum Gasteiger partial charge on any atom is 0.127 e. The Hall–Kier alpha value is -1.58. The number of benzene rings is 2. The van der Waals surface area contributed by atoms with Crippen LogP contribution in [0, 0.1) is 0 Å². The minimum absolute atomic E-state index is 0.274. The SMILES string of the molecule is Brc1ccc(OCC2CO2)c(C2=Cc3ccccc3C2)c1. The monoisotopic (exact) mass is 342 g/mol. The van der Waals surface area contributed by atoms with Crippen molar-refractivity contribution in [2.24, 2.45) is 0 Å². The first-order chi connectivity index (χ1) is 10.3. The summed E-state index contributed by atoms with van der Waals surface area (Å²) < 4.78 is 12.2. The third-order valence-corrected chi connectivity index (χ3v) is 4.37. The van der Waals surface area contributed by atoms with Gasteiger partial charge in [0, 0.05) is 10.0 Å². The fourth-order valence-corrected chi connectivity index (χ4v) is 3.04. The minimum atomic E-state index is 0.274. The van der Waals surface area contributed by atoms with Crippen LogP contribution in [0.25, 0.3) is 11.6 Å². The predicted octanol–water partition coefficient (Wildman–Crippen LogP) is 4.32. The third-order valence-electron chi connectivity index (χ3n) is 3.88. The van der Waals surface area contributed by atoms with Gasteiger partial charge in [0.1, 0.15) is 18.5 Å². The van der Waals surface area contributed by atoms with Gasteiger partial charge in [-0.15, -0.1) is 0 Å². The summed E-state index contributed by atoms with van der Waals surface area (Å²) in [5.74, 6) is 0.938. The maximum absolute atomic E-state index is 5.94. The second-order valence-electron chi connectivity index (χ2n) is 5.45. The molecule has 2 nitrogen and oxygen atoms in total. The third kappa shape index (κ3) is 2.76. The van der Waals surface area contributed by atoms with Crippen LogP contribution in [0.1, 0.15) is 16.7 Å². The zero-order valence-electron chi connectivity index (χ0n) is 11.5. The van der Waals surface area contributed by atoms with Gasteiger partial charge in [0.05, 0.1) is 6.61 Å². The highest BCUT2D eigenvalue weighted by Crippen LogP contribution is 2.37. The van der Waals surface area contributed by atoms with Crippen LogP contribution < -0.4 is 4.74 Å². The molecular weight excluding hydrogens is 328 g/mol. The molecule has 21 heavy (non-hydrogen) atoms. The molecule has 0 bridgehead atoms. The molecule has 1 saturated heterocycles. The topological polar surface area (TPSA) is 21.8 Å². The zero-order valence-corrected chi connectivity index (χ0v) is 13.1. The molecule has 2 aromatic rings. The van der Waals surface area contributed by atoms with E-state index < -0.39 is 0 Å². The first kappa shape index (κ1) is 13.1. The second kappa shape index (κ2) is 5.32. The van der Waals surface area contributed by atoms with E-state index in [0.29, 0.717) is 6.61 Å². The lowest BCUT2D eigenvalue weighted by atomic mass is 10.0. The molecule has 0 saturated carbocycles. The zero-order chi connectivity index (χ0) is 14.2. The van der Waals surface area contributed by atoms with Crippen molar-refractivity contribution in [3.63, 3.8) is 0 Å². The number of hydrogen-bond acceptors (Lipinski definition) is 2. The summed E-state index contributed by atoms with van der Waals surface area (Å²) in [6, 6.07) is 14.7. The standard InChI is InChI=1S/C18H15BrO2/c19-15-5-6-18(21-11-16-10-20-16)17(9-15)14-7-12-3-1-2-4-13(12)8-14/h1-7,9,16H,8,10-11H2. The molecule has 0 amide bonds. The largest absolute Gasteiger partial charge is 0.490 e. The molecule has 0 aromatic heterocycles. The fraction of sp³-hybridized carbons (Fsp3) is 0.222. The van der Waals surface area contributed by atoms with Gasteiger partial charge in [0.2, 0.25) is 0 Å². The van der Waals surface area contributed by atoms with Crippen LogP contribution in [-0.2, 0) is 11.2 Å². The lowest BCUT2D eigenvalue weighted by Gasteiger charge is -2.12. The maximum atomic E-state index is 5.94. The molecule has 2 aromatic carbocycles. The quantitative estimate of drug-likeness (QED) is 0.771. The van der Waals surface area contributed by atoms with Crippen molar-refractivity contribution in [3.05, 3.63) is 63.6 Å². The van der Waals surface area contributed by atoms with Gasteiger partial charge in [-0.1, -0.05) is 46.3 Å². The number of halogens is 1. The van der Waals surface area contributed by atoms with Gasteiger partial charge in [-0.25, -0.2) is 0 Å². The molecule has 1 fully saturated rings. The van der Waals surface area contributed by atoms with Gasteiger partial charge in [0.25, 0.3) is 0 Å². The molecule has 1 unspecified atom stereocenters. The van der Waals surface area contributed by atoms with E-state index in [1.165, 1.54) is 22.3 Å². The molecule has 1 atom stereocenters. The Morgan fingerprint density at radius 2 is 2.05 bits per heavy atom. The van der Waals surface area contributed by atoms with E-state index in [1.54, 1.807) is 0 Å². The Morgan fingerprint density at radius 1 is 1.19 bits per heavy atom. The first-order valence-electron chi connectivity index (χ1n) is 7.12. The molecule has 1 heterocycles. The van der Waals surface area contributed by atoms with Crippen molar-refractivity contribution in [1.29, 1.82) is 0 Å². The molecule has 0 radical (unpaired) electrons. The predicted molar refractivity (Wildman–Crippen MR) is 87.4 cm³/mol. The van der Waals surface area contributed by atoms with E-state index in [1.807, 2.05) is 12.1 Å².